The van der Waals surface area contributed by atoms with Crippen molar-refractivity contribution >= 4 is 0 Å². The zero-order valence-corrected chi connectivity index (χ0v) is 9.36. The van der Waals surface area contributed by atoms with Crippen LogP contribution in [-0.4, -0.2) is 0 Å². The summed E-state index contributed by atoms with van der Waals surface area (Å²) in [6.07, 6.45) is 0. The Balaban J connectivity index is 2.02. The Bertz CT molecular complexity index is 588. The molecule has 0 amide bonds. The van der Waals surface area contributed by atoms with E-state index in [-0.39, 0.29) is 12.4 Å². The fourth-order valence-electron chi connectivity index (χ4n) is 1.41. The van der Waals surface area contributed by atoms with Gasteiger partial charge in [0.2, 0.25) is 0 Å². The largest absolute Gasteiger partial charge is 0.489 e. The highest BCUT2D eigenvalue weighted by molar-refractivity contribution is 5.31. The molecule has 0 bridgehead atoms. The summed E-state index contributed by atoms with van der Waals surface area (Å²) >= 11 is 0. The van der Waals surface area contributed by atoms with Crippen molar-refractivity contribution in [1.29, 1.82) is 5.26 Å². The third kappa shape index (κ3) is 2.83. The van der Waals surface area contributed by atoms with Crippen LogP contribution in [0.1, 0.15) is 11.1 Å². The van der Waals surface area contributed by atoms with Crippen molar-refractivity contribution in [2.45, 2.75) is 6.61 Å². The Hall–Kier alpha value is -2.41. The van der Waals surface area contributed by atoms with E-state index in [0.29, 0.717) is 5.56 Å². The van der Waals surface area contributed by atoms with Gasteiger partial charge in [-0.05, 0) is 29.8 Å². The molecule has 90 valence electrons. The molecule has 2 aromatic carbocycles. The predicted molar refractivity (Wildman–Crippen MR) is 61.8 cm³/mol. The third-order valence-corrected chi connectivity index (χ3v) is 2.38. The first-order valence-electron chi connectivity index (χ1n) is 5.26. The molecule has 0 saturated heterocycles. The molecule has 2 nitrogen and oxygen atoms in total. The maximum atomic E-state index is 12.9. The monoisotopic (exact) mass is 245 g/mol. The first-order valence-corrected chi connectivity index (χ1v) is 5.26. The van der Waals surface area contributed by atoms with E-state index in [1.807, 2.05) is 6.07 Å². The van der Waals surface area contributed by atoms with E-state index in [2.05, 4.69) is 0 Å². The van der Waals surface area contributed by atoms with Crippen molar-refractivity contribution in [2.75, 3.05) is 0 Å². The third-order valence-electron chi connectivity index (χ3n) is 2.38. The van der Waals surface area contributed by atoms with Crippen LogP contribution in [0.3, 0.4) is 0 Å². The fourth-order valence-corrected chi connectivity index (χ4v) is 1.41. The minimum Gasteiger partial charge on any atom is -0.489 e. The van der Waals surface area contributed by atoms with Gasteiger partial charge < -0.3 is 4.74 Å². The summed E-state index contributed by atoms with van der Waals surface area (Å²) in [7, 11) is 0. The van der Waals surface area contributed by atoms with Crippen LogP contribution in [0.5, 0.6) is 5.75 Å². The van der Waals surface area contributed by atoms with Crippen LogP contribution < -0.4 is 4.74 Å². The zero-order valence-electron chi connectivity index (χ0n) is 9.36. The molecule has 2 aromatic rings. The highest BCUT2D eigenvalue weighted by Gasteiger charge is 2.03. The summed E-state index contributed by atoms with van der Waals surface area (Å²) in [5.74, 6) is -1.58. The number of rotatable bonds is 3. The highest BCUT2D eigenvalue weighted by atomic mass is 19.2. The lowest BCUT2D eigenvalue weighted by molar-refractivity contribution is 0.303. The molecule has 0 aliphatic carbocycles. The molecule has 0 spiro atoms. The van der Waals surface area contributed by atoms with E-state index < -0.39 is 11.6 Å². The molecule has 0 saturated carbocycles. The van der Waals surface area contributed by atoms with Gasteiger partial charge in [-0.3, -0.25) is 0 Å². The van der Waals surface area contributed by atoms with Crippen molar-refractivity contribution in [3.63, 3.8) is 0 Å². The predicted octanol–water partition coefficient (Wildman–Crippen LogP) is 3.42. The van der Waals surface area contributed by atoms with Gasteiger partial charge in [0.15, 0.2) is 11.6 Å². The van der Waals surface area contributed by atoms with Gasteiger partial charge in [0, 0.05) is 6.07 Å². The average Bonchev–Trinajstić information content (AvgIpc) is 2.41. The molecule has 0 unspecified atom stereocenters. The molecule has 0 fully saturated rings. The van der Waals surface area contributed by atoms with E-state index in [4.69, 9.17) is 10.00 Å². The van der Waals surface area contributed by atoms with Crippen LogP contribution in [0.2, 0.25) is 0 Å². The number of benzene rings is 2. The Labute approximate surface area is 103 Å². The summed E-state index contributed by atoms with van der Waals surface area (Å²) in [5.41, 5.74) is 1.41. The maximum Gasteiger partial charge on any atom is 0.162 e. The van der Waals surface area contributed by atoms with Crippen molar-refractivity contribution in [2.24, 2.45) is 0 Å². The number of halogens is 2. The molecule has 0 aliphatic heterocycles. The Morgan fingerprint density at radius 2 is 1.72 bits per heavy atom. The van der Waals surface area contributed by atoms with Gasteiger partial charge in [-0.1, -0.05) is 12.1 Å². The smallest absolute Gasteiger partial charge is 0.162 e. The quantitative estimate of drug-likeness (QED) is 0.830. The van der Waals surface area contributed by atoms with Gasteiger partial charge in [-0.2, -0.15) is 5.26 Å². The van der Waals surface area contributed by atoms with Crippen LogP contribution in [0.4, 0.5) is 8.78 Å². The fraction of sp³-hybridized carbons (Fsp3) is 0.0714. The van der Waals surface area contributed by atoms with E-state index in [1.54, 1.807) is 24.3 Å². The normalized spacial score (nSPS) is 9.83. The molecule has 0 aliphatic rings. The maximum absolute atomic E-state index is 12.9. The molecule has 0 aromatic heterocycles. The van der Waals surface area contributed by atoms with Gasteiger partial charge >= 0.3 is 0 Å². The first kappa shape index (κ1) is 12.1. The first-order chi connectivity index (χ1) is 8.69. The van der Waals surface area contributed by atoms with Crippen LogP contribution in [0.15, 0.2) is 42.5 Å². The number of hydrogen-bond donors (Lipinski definition) is 0. The topological polar surface area (TPSA) is 33.0 Å². The second kappa shape index (κ2) is 5.28. The van der Waals surface area contributed by atoms with Crippen LogP contribution in [0, 0.1) is 23.0 Å². The second-order valence-electron chi connectivity index (χ2n) is 3.67. The van der Waals surface area contributed by atoms with Gasteiger partial charge in [-0.25, -0.2) is 8.78 Å². The number of hydrogen-bond acceptors (Lipinski definition) is 2. The Morgan fingerprint density at radius 3 is 2.33 bits per heavy atom. The summed E-state index contributed by atoms with van der Waals surface area (Å²) < 4.78 is 30.9. The van der Waals surface area contributed by atoms with Crippen molar-refractivity contribution in [3.05, 3.63) is 65.2 Å². The molecular formula is C14H9F2NO. The summed E-state index contributed by atoms with van der Waals surface area (Å²) in [4.78, 5) is 0. The summed E-state index contributed by atoms with van der Waals surface area (Å²) in [6, 6.07) is 12.2. The average molecular weight is 245 g/mol. The van der Waals surface area contributed by atoms with E-state index in [0.717, 1.165) is 17.7 Å². The molecule has 0 N–H and O–H groups in total. The molecule has 2 rings (SSSR count). The number of nitrogens with zero attached hydrogens (tertiary/aromatic N) is 1. The minimum atomic E-state index is -0.938. The number of ether oxygens (including phenoxy) is 1. The van der Waals surface area contributed by atoms with Crippen LogP contribution in [-0.2, 0) is 6.61 Å². The Morgan fingerprint density at radius 1 is 1.00 bits per heavy atom. The lowest BCUT2D eigenvalue weighted by Crippen LogP contribution is -1.96. The summed E-state index contributed by atoms with van der Waals surface area (Å²) in [5, 5.41) is 8.63. The van der Waals surface area contributed by atoms with Crippen molar-refractivity contribution in [1.82, 2.24) is 0 Å². The number of nitriles is 1. The molecular weight excluding hydrogens is 236 g/mol. The van der Waals surface area contributed by atoms with E-state index in [9.17, 15) is 8.78 Å². The minimum absolute atomic E-state index is 0.233. The second-order valence-corrected chi connectivity index (χ2v) is 3.67. The highest BCUT2D eigenvalue weighted by Crippen LogP contribution is 2.17. The molecule has 0 heterocycles. The van der Waals surface area contributed by atoms with Crippen LogP contribution in [0.25, 0.3) is 0 Å². The lowest BCUT2D eigenvalue weighted by Gasteiger charge is -2.06. The summed E-state index contributed by atoms with van der Waals surface area (Å²) in [6.45, 7) is 0.233. The van der Waals surface area contributed by atoms with Gasteiger partial charge in [0.1, 0.15) is 12.4 Å². The SMILES string of the molecule is N#Cc1ccc(COc2ccc(F)c(F)c2)cc1. The van der Waals surface area contributed by atoms with Gasteiger partial charge in [0.25, 0.3) is 0 Å². The standard InChI is InChI=1S/C14H9F2NO/c15-13-6-5-12(7-14(13)16)18-9-11-3-1-10(8-17)2-4-11/h1-7H,9H2. The van der Waals surface area contributed by atoms with Crippen LogP contribution >= 0.6 is 0 Å². The molecule has 0 atom stereocenters. The van der Waals surface area contributed by atoms with E-state index in [1.165, 1.54) is 6.07 Å². The van der Waals surface area contributed by atoms with Crippen molar-refractivity contribution in [3.8, 4) is 11.8 Å². The van der Waals surface area contributed by atoms with Crippen molar-refractivity contribution < 1.29 is 13.5 Å². The zero-order chi connectivity index (χ0) is 13.0. The Kier molecular flexibility index (Phi) is 3.54. The van der Waals surface area contributed by atoms with Gasteiger partial charge in [-0.15, -0.1) is 0 Å². The van der Waals surface area contributed by atoms with Gasteiger partial charge in [0.05, 0.1) is 11.6 Å². The van der Waals surface area contributed by atoms with E-state index >= 15 is 0 Å². The molecule has 4 heteroatoms. The molecule has 18 heavy (non-hydrogen) atoms. The molecule has 0 radical (unpaired) electrons. The lowest BCUT2D eigenvalue weighted by atomic mass is 10.2.